The van der Waals surface area contributed by atoms with E-state index < -0.39 is 0 Å². The van der Waals surface area contributed by atoms with E-state index in [0.29, 0.717) is 0 Å². The molecule has 1 heteroatoms. The van der Waals surface area contributed by atoms with Crippen molar-refractivity contribution in [1.82, 2.24) is 4.90 Å². The highest BCUT2D eigenvalue weighted by Gasteiger charge is 2.16. The molecular weight excluding hydrogens is 170 g/mol. The lowest BCUT2D eigenvalue weighted by molar-refractivity contribution is 0.189. The van der Waals surface area contributed by atoms with Crippen molar-refractivity contribution in [1.29, 1.82) is 0 Å². The number of nitrogens with zero attached hydrogens (tertiary/aromatic N) is 1. The van der Waals surface area contributed by atoms with Gasteiger partial charge in [0.1, 0.15) is 0 Å². The van der Waals surface area contributed by atoms with Crippen LogP contribution >= 0.6 is 0 Å². The molecule has 0 amide bonds. The molecule has 1 rings (SSSR count). The van der Waals surface area contributed by atoms with Crippen molar-refractivity contribution >= 4 is 0 Å². The minimum Gasteiger partial charge on any atom is -0.303 e. The van der Waals surface area contributed by atoms with Gasteiger partial charge in [0.15, 0.2) is 0 Å². The number of hydrogen-bond donors (Lipinski definition) is 0. The maximum absolute atomic E-state index is 3.75. The summed E-state index contributed by atoms with van der Waals surface area (Å²) in [6.45, 7) is 5.03. The lowest BCUT2D eigenvalue weighted by Gasteiger charge is -2.31. The first-order valence-electron chi connectivity index (χ1n) is 6.15. The first-order valence-corrected chi connectivity index (χ1v) is 6.15. The third kappa shape index (κ3) is 4.28. The average molecular weight is 195 g/mol. The van der Waals surface area contributed by atoms with Crippen LogP contribution in [0.1, 0.15) is 51.4 Å². The molecule has 0 bridgehead atoms. The summed E-state index contributed by atoms with van der Waals surface area (Å²) in [4.78, 5) is 2.57. The first kappa shape index (κ1) is 11.8. The Bertz CT molecular complexity index is 147. The fourth-order valence-corrected chi connectivity index (χ4v) is 2.35. The molecule has 1 aliphatic carbocycles. The van der Waals surface area contributed by atoms with Gasteiger partial charge >= 0.3 is 0 Å². The minimum atomic E-state index is 0.882. The van der Waals surface area contributed by atoms with Gasteiger partial charge < -0.3 is 4.90 Å². The summed E-state index contributed by atoms with van der Waals surface area (Å²) in [6, 6.07) is 0.882. The third-order valence-electron chi connectivity index (χ3n) is 3.37. The van der Waals surface area contributed by atoms with Gasteiger partial charge in [-0.3, -0.25) is 0 Å². The van der Waals surface area contributed by atoms with Gasteiger partial charge in [-0.2, -0.15) is 0 Å². The van der Waals surface area contributed by atoms with E-state index in [1.807, 2.05) is 6.08 Å². The van der Waals surface area contributed by atoms with E-state index in [9.17, 15) is 0 Å². The number of unbranched alkanes of at least 4 members (excludes halogenated alkanes) is 2. The van der Waals surface area contributed by atoms with E-state index in [1.54, 1.807) is 0 Å². The quantitative estimate of drug-likeness (QED) is 0.462. The third-order valence-corrected chi connectivity index (χ3v) is 3.37. The molecule has 0 aromatic heterocycles. The molecule has 0 aliphatic heterocycles. The Hall–Kier alpha value is -0.300. The molecule has 1 saturated carbocycles. The molecule has 1 nitrogen and oxygen atoms in total. The second kappa shape index (κ2) is 7.05. The summed E-state index contributed by atoms with van der Waals surface area (Å²) in [5, 5.41) is 0. The van der Waals surface area contributed by atoms with E-state index >= 15 is 0 Å². The molecule has 1 fully saturated rings. The van der Waals surface area contributed by atoms with Crippen molar-refractivity contribution in [3.8, 4) is 0 Å². The van der Waals surface area contributed by atoms with Gasteiger partial charge in [-0.1, -0.05) is 25.3 Å². The SMILES string of the molecule is C=CCCCCN(C)C1CCCCC1. The Kier molecular flexibility index (Phi) is 5.93. The van der Waals surface area contributed by atoms with Crippen molar-refractivity contribution in [3.63, 3.8) is 0 Å². The zero-order valence-electron chi connectivity index (χ0n) is 9.67. The standard InChI is InChI=1S/C13H25N/c1-3-4-5-9-12-14(2)13-10-7-6-8-11-13/h3,13H,1,4-12H2,2H3. The van der Waals surface area contributed by atoms with Gasteiger partial charge in [0.25, 0.3) is 0 Å². The number of rotatable bonds is 6. The summed E-state index contributed by atoms with van der Waals surface area (Å²) in [5.41, 5.74) is 0. The minimum absolute atomic E-state index is 0.882. The number of hydrogen-bond acceptors (Lipinski definition) is 1. The molecule has 1 aliphatic rings. The van der Waals surface area contributed by atoms with Gasteiger partial charge in [0.05, 0.1) is 0 Å². The zero-order valence-corrected chi connectivity index (χ0v) is 9.67. The summed E-state index contributed by atoms with van der Waals surface area (Å²) >= 11 is 0. The Morgan fingerprint density at radius 3 is 2.57 bits per heavy atom. The van der Waals surface area contributed by atoms with Gasteiger partial charge in [-0.05, 0) is 45.7 Å². The Morgan fingerprint density at radius 1 is 1.21 bits per heavy atom. The van der Waals surface area contributed by atoms with Crippen LogP contribution in [0.5, 0.6) is 0 Å². The molecule has 0 N–H and O–H groups in total. The van der Waals surface area contributed by atoms with Crippen LogP contribution in [-0.2, 0) is 0 Å². The van der Waals surface area contributed by atoms with Gasteiger partial charge in [-0.15, -0.1) is 6.58 Å². The lowest BCUT2D eigenvalue weighted by atomic mass is 9.94. The van der Waals surface area contributed by atoms with Crippen LogP contribution in [0.3, 0.4) is 0 Å². The summed E-state index contributed by atoms with van der Waals surface area (Å²) in [6.07, 6.45) is 13.1. The highest BCUT2D eigenvalue weighted by molar-refractivity contribution is 4.74. The molecule has 0 aromatic rings. The van der Waals surface area contributed by atoms with Crippen LogP contribution in [0.15, 0.2) is 12.7 Å². The van der Waals surface area contributed by atoms with Crippen LogP contribution in [0, 0.1) is 0 Å². The maximum Gasteiger partial charge on any atom is 0.00922 e. The molecule has 0 saturated heterocycles. The van der Waals surface area contributed by atoms with Gasteiger partial charge in [-0.25, -0.2) is 0 Å². The Morgan fingerprint density at radius 2 is 1.93 bits per heavy atom. The largest absolute Gasteiger partial charge is 0.303 e. The topological polar surface area (TPSA) is 3.24 Å². The maximum atomic E-state index is 3.75. The van der Waals surface area contributed by atoms with E-state index in [-0.39, 0.29) is 0 Å². The van der Waals surface area contributed by atoms with Crippen molar-refractivity contribution in [2.24, 2.45) is 0 Å². The molecule has 0 spiro atoms. The van der Waals surface area contributed by atoms with Crippen LogP contribution in [0.2, 0.25) is 0 Å². The van der Waals surface area contributed by atoms with Crippen molar-refractivity contribution in [3.05, 3.63) is 12.7 Å². The van der Waals surface area contributed by atoms with E-state index in [0.717, 1.165) is 6.04 Å². The van der Waals surface area contributed by atoms with E-state index in [4.69, 9.17) is 0 Å². The van der Waals surface area contributed by atoms with Crippen LogP contribution in [0.25, 0.3) is 0 Å². The van der Waals surface area contributed by atoms with Crippen molar-refractivity contribution in [2.75, 3.05) is 13.6 Å². The van der Waals surface area contributed by atoms with E-state index in [2.05, 4.69) is 18.5 Å². The predicted octanol–water partition coefficient (Wildman–Crippen LogP) is 3.61. The van der Waals surface area contributed by atoms with Crippen molar-refractivity contribution in [2.45, 2.75) is 57.4 Å². The predicted molar refractivity (Wildman–Crippen MR) is 63.6 cm³/mol. The smallest absolute Gasteiger partial charge is 0.00922 e. The lowest BCUT2D eigenvalue weighted by Crippen LogP contribution is -2.34. The molecule has 0 aromatic carbocycles. The van der Waals surface area contributed by atoms with Crippen LogP contribution < -0.4 is 0 Å². The molecule has 0 heterocycles. The van der Waals surface area contributed by atoms with Gasteiger partial charge in [0.2, 0.25) is 0 Å². The number of allylic oxidation sites excluding steroid dienone is 1. The van der Waals surface area contributed by atoms with Crippen LogP contribution in [0.4, 0.5) is 0 Å². The molecule has 0 radical (unpaired) electrons. The summed E-state index contributed by atoms with van der Waals surface area (Å²) in [5.74, 6) is 0. The monoisotopic (exact) mass is 195 g/mol. The highest BCUT2D eigenvalue weighted by Crippen LogP contribution is 2.21. The molecule has 82 valence electrons. The fraction of sp³-hybridized carbons (Fsp3) is 0.846. The van der Waals surface area contributed by atoms with Crippen molar-refractivity contribution < 1.29 is 0 Å². The first-order chi connectivity index (χ1) is 6.84. The van der Waals surface area contributed by atoms with Crippen LogP contribution in [-0.4, -0.2) is 24.5 Å². The van der Waals surface area contributed by atoms with Gasteiger partial charge in [0, 0.05) is 6.04 Å². The second-order valence-electron chi connectivity index (χ2n) is 4.56. The molecular formula is C13H25N. The summed E-state index contributed by atoms with van der Waals surface area (Å²) < 4.78 is 0. The molecule has 0 unspecified atom stereocenters. The second-order valence-corrected chi connectivity index (χ2v) is 4.56. The normalized spacial score (nSPS) is 18.7. The average Bonchev–Trinajstić information content (AvgIpc) is 2.25. The van der Waals surface area contributed by atoms with E-state index in [1.165, 1.54) is 57.9 Å². The zero-order chi connectivity index (χ0) is 10.2. The highest BCUT2D eigenvalue weighted by atomic mass is 15.1. The fourth-order valence-electron chi connectivity index (χ4n) is 2.35. The Labute approximate surface area is 89.2 Å². The summed E-state index contributed by atoms with van der Waals surface area (Å²) in [7, 11) is 2.30. The molecule has 14 heavy (non-hydrogen) atoms. The molecule has 0 atom stereocenters. The Balaban J connectivity index is 2.06.